The van der Waals surface area contributed by atoms with E-state index >= 15 is 0 Å². The molecule has 0 aliphatic carbocycles. The smallest absolute Gasteiger partial charge is 0.0622 e. The van der Waals surface area contributed by atoms with E-state index in [1.165, 1.54) is 44.5 Å². The quantitative estimate of drug-likeness (QED) is 0.186. The van der Waals surface area contributed by atoms with Crippen molar-refractivity contribution in [2.24, 2.45) is 0 Å². The van der Waals surface area contributed by atoms with Gasteiger partial charge in [0.15, 0.2) is 0 Å². The number of hydrogen-bond donors (Lipinski definition) is 0. The summed E-state index contributed by atoms with van der Waals surface area (Å²) in [5.41, 5.74) is 8.78. The Hall–Kier alpha value is -4.68. The molecule has 194 valence electrons. The van der Waals surface area contributed by atoms with Crippen molar-refractivity contribution >= 4 is 0 Å². The molecule has 6 rings (SSSR count). The highest BCUT2D eigenvalue weighted by atomic mass is 14.6. The second-order valence-corrected chi connectivity index (χ2v) is 10.7. The number of aryl methyl sites for hydroxylation is 2. The zero-order valence-corrected chi connectivity index (χ0v) is 23.2. The molecular weight excluding hydrogens is 480 g/mol. The average molecular weight is 515 g/mol. The van der Waals surface area contributed by atoms with Gasteiger partial charge in [0.2, 0.25) is 0 Å². The molecule has 6 aromatic rings. The predicted octanol–water partition coefficient (Wildman–Crippen LogP) is 9.67. The van der Waals surface area contributed by atoms with Crippen LogP contribution >= 0.6 is 0 Å². The molecule has 0 unspecified atom stereocenters. The van der Waals surface area contributed by atoms with Crippen LogP contribution in [-0.4, -0.2) is 0 Å². The maximum atomic E-state index is 2.34. The molecule has 0 bridgehead atoms. The van der Waals surface area contributed by atoms with Crippen LogP contribution in [0.5, 0.6) is 0 Å². The Morgan fingerprint density at radius 1 is 0.250 bits per heavy atom. The molecule has 40 heavy (non-hydrogen) atoms. The topological polar surface area (TPSA) is 0 Å². The van der Waals surface area contributed by atoms with E-state index in [4.69, 9.17) is 0 Å². The predicted molar refractivity (Wildman–Crippen MR) is 168 cm³/mol. The Bertz CT molecular complexity index is 1510. The van der Waals surface area contributed by atoms with Gasteiger partial charge in [-0.25, -0.2) is 0 Å². The van der Waals surface area contributed by atoms with Crippen LogP contribution in [-0.2, 0) is 10.8 Å². The van der Waals surface area contributed by atoms with Gasteiger partial charge in [0.1, 0.15) is 0 Å². The zero-order chi connectivity index (χ0) is 27.4. The minimum atomic E-state index is -0.611. The molecule has 0 saturated heterocycles. The maximum Gasteiger partial charge on any atom is 0.0629 e. The van der Waals surface area contributed by atoms with Crippen LogP contribution in [0.4, 0.5) is 0 Å². The summed E-state index contributed by atoms with van der Waals surface area (Å²) in [7, 11) is 0. The number of rotatable bonds is 7. The fourth-order valence-electron chi connectivity index (χ4n) is 6.66. The van der Waals surface area contributed by atoms with E-state index in [1.54, 1.807) is 0 Å². The SMILES string of the molecule is Cc1ccc(C(c2ccccc2)(c2ccc(C)cc2)C(c2ccccc2)(c2ccccc2)c2ccccc2)cc1. The first-order chi connectivity index (χ1) is 19.7. The van der Waals surface area contributed by atoms with Crippen molar-refractivity contribution in [1.82, 2.24) is 0 Å². The first kappa shape index (κ1) is 25.6. The average Bonchev–Trinajstić information content (AvgIpc) is 3.03. The van der Waals surface area contributed by atoms with Gasteiger partial charge in [-0.3, -0.25) is 0 Å². The summed E-state index contributed by atoms with van der Waals surface area (Å²) >= 11 is 0. The van der Waals surface area contributed by atoms with Crippen LogP contribution in [0.2, 0.25) is 0 Å². The summed E-state index contributed by atoms with van der Waals surface area (Å²) in [5.74, 6) is 0. The fraction of sp³-hybridized carbons (Fsp3) is 0.100. The van der Waals surface area contributed by atoms with Gasteiger partial charge >= 0.3 is 0 Å². The van der Waals surface area contributed by atoms with Crippen molar-refractivity contribution < 1.29 is 0 Å². The minimum Gasteiger partial charge on any atom is -0.0622 e. The summed E-state index contributed by atoms with van der Waals surface area (Å²) in [4.78, 5) is 0. The highest BCUT2D eigenvalue weighted by molar-refractivity contribution is 5.67. The Kier molecular flexibility index (Phi) is 6.93. The van der Waals surface area contributed by atoms with Crippen molar-refractivity contribution in [2.75, 3.05) is 0 Å². The molecule has 0 radical (unpaired) electrons. The van der Waals surface area contributed by atoms with E-state index in [0.717, 1.165) is 0 Å². The minimum absolute atomic E-state index is 0.608. The lowest BCUT2D eigenvalue weighted by Crippen LogP contribution is -2.52. The zero-order valence-electron chi connectivity index (χ0n) is 23.2. The van der Waals surface area contributed by atoms with Crippen LogP contribution in [0.3, 0.4) is 0 Å². The Balaban J connectivity index is 1.93. The molecule has 0 N–H and O–H groups in total. The van der Waals surface area contributed by atoms with Crippen LogP contribution < -0.4 is 0 Å². The van der Waals surface area contributed by atoms with Gasteiger partial charge in [-0.2, -0.15) is 0 Å². The highest BCUT2D eigenvalue weighted by Crippen LogP contribution is 2.59. The van der Waals surface area contributed by atoms with Crippen molar-refractivity contribution in [2.45, 2.75) is 24.7 Å². The van der Waals surface area contributed by atoms with Gasteiger partial charge in [0.05, 0.1) is 10.8 Å². The third-order valence-electron chi connectivity index (χ3n) is 8.36. The van der Waals surface area contributed by atoms with E-state index < -0.39 is 10.8 Å². The van der Waals surface area contributed by atoms with Gasteiger partial charge in [0.25, 0.3) is 0 Å². The van der Waals surface area contributed by atoms with Gasteiger partial charge in [-0.1, -0.05) is 181 Å². The monoisotopic (exact) mass is 514 g/mol. The second kappa shape index (κ2) is 10.8. The summed E-state index contributed by atoms with van der Waals surface area (Å²) in [6.45, 7) is 4.33. The van der Waals surface area contributed by atoms with E-state index in [0.29, 0.717) is 0 Å². The van der Waals surface area contributed by atoms with Crippen LogP contribution in [0.1, 0.15) is 44.5 Å². The lowest BCUT2D eigenvalue weighted by atomic mass is 9.47. The molecule has 0 amide bonds. The molecule has 0 saturated carbocycles. The third-order valence-corrected chi connectivity index (χ3v) is 8.36. The summed E-state index contributed by atoms with van der Waals surface area (Å²) < 4.78 is 0. The van der Waals surface area contributed by atoms with E-state index in [2.05, 4.69) is 184 Å². The normalized spacial score (nSPS) is 11.8. The Morgan fingerprint density at radius 2 is 0.450 bits per heavy atom. The fourth-order valence-corrected chi connectivity index (χ4v) is 6.66. The molecule has 0 heterocycles. The first-order valence-corrected chi connectivity index (χ1v) is 14.0. The number of benzene rings is 6. The van der Waals surface area contributed by atoms with E-state index in [9.17, 15) is 0 Å². The van der Waals surface area contributed by atoms with Crippen LogP contribution in [0.25, 0.3) is 0 Å². The summed E-state index contributed by atoms with van der Waals surface area (Å²) in [5, 5.41) is 0. The molecular formula is C40H34. The second-order valence-electron chi connectivity index (χ2n) is 10.7. The van der Waals surface area contributed by atoms with Gasteiger partial charge in [0, 0.05) is 0 Å². The number of hydrogen-bond acceptors (Lipinski definition) is 0. The molecule has 0 fully saturated rings. The van der Waals surface area contributed by atoms with Crippen molar-refractivity contribution in [3.8, 4) is 0 Å². The third kappa shape index (κ3) is 4.08. The molecule has 0 aromatic heterocycles. The van der Waals surface area contributed by atoms with Gasteiger partial charge < -0.3 is 0 Å². The lowest BCUT2D eigenvalue weighted by molar-refractivity contribution is 0.419. The Labute approximate surface area is 238 Å². The molecule has 0 aliphatic heterocycles. The van der Waals surface area contributed by atoms with Gasteiger partial charge in [-0.15, -0.1) is 0 Å². The molecule has 0 nitrogen and oxygen atoms in total. The summed E-state index contributed by atoms with van der Waals surface area (Å²) in [6, 6.07) is 62.7. The first-order valence-electron chi connectivity index (χ1n) is 14.0. The van der Waals surface area contributed by atoms with Crippen LogP contribution in [0.15, 0.2) is 170 Å². The molecule has 0 heteroatoms. The molecule has 0 aliphatic rings. The van der Waals surface area contributed by atoms with Crippen molar-refractivity contribution in [3.63, 3.8) is 0 Å². The van der Waals surface area contributed by atoms with Crippen LogP contribution in [0, 0.1) is 13.8 Å². The van der Waals surface area contributed by atoms with Crippen molar-refractivity contribution in [3.05, 3.63) is 214 Å². The van der Waals surface area contributed by atoms with Gasteiger partial charge in [-0.05, 0) is 47.2 Å². The molecule has 0 atom stereocenters. The van der Waals surface area contributed by atoms with E-state index in [1.807, 2.05) is 0 Å². The molecule has 0 spiro atoms. The lowest BCUT2D eigenvalue weighted by Gasteiger charge is -2.53. The molecule has 6 aromatic carbocycles. The standard InChI is InChI=1S/C40H34/c1-31-23-27-37(28-24-31)40(36-21-13-6-14-22-36,38-29-25-32(2)26-30-38)39(33-15-7-3-8-16-33,34-17-9-4-10-18-34)35-19-11-5-12-20-35/h3-30H,1-2H3. The largest absolute Gasteiger partial charge is 0.0629 e. The Morgan fingerprint density at radius 3 is 0.675 bits per heavy atom. The summed E-state index contributed by atoms with van der Waals surface area (Å²) in [6.07, 6.45) is 0. The van der Waals surface area contributed by atoms with E-state index in [-0.39, 0.29) is 0 Å². The highest BCUT2D eigenvalue weighted by Gasteiger charge is 2.57. The maximum absolute atomic E-state index is 2.34. The van der Waals surface area contributed by atoms with Crippen molar-refractivity contribution in [1.29, 1.82) is 0 Å².